The van der Waals surface area contributed by atoms with E-state index in [0.717, 1.165) is 0 Å². The maximum absolute atomic E-state index is 11.7. The van der Waals surface area contributed by atoms with Gasteiger partial charge in [-0.1, -0.05) is 0 Å². The Balaban J connectivity index is 2.87. The third kappa shape index (κ3) is 3.57. The van der Waals surface area contributed by atoms with Crippen LogP contribution in [0.25, 0.3) is 0 Å². The lowest BCUT2D eigenvalue weighted by Gasteiger charge is -2.17. The molecule has 0 aliphatic rings. The number of phenols is 1. The van der Waals surface area contributed by atoms with E-state index < -0.39 is 24.0 Å². The first-order valence-electron chi connectivity index (χ1n) is 5.03. The Morgan fingerprint density at radius 2 is 2.00 bits per heavy atom. The molecule has 0 heterocycles. The molecule has 0 spiro atoms. The Morgan fingerprint density at radius 1 is 1.39 bits per heavy atom. The monoisotopic (exact) mass is 365 g/mol. The number of amides is 1. The summed E-state index contributed by atoms with van der Waals surface area (Å²) in [7, 11) is 0. The summed E-state index contributed by atoms with van der Waals surface area (Å²) in [6, 6.07) is 2.83. The average molecular weight is 365 g/mol. The molecule has 0 aliphatic carbocycles. The summed E-state index contributed by atoms with van der Waals surface area (Å²) in [5.41, 5.74) is 0.125. The fourth-order valence-corrected chi connectivity index (χ4v) is 1.60. The lowest BCUT2D eigenvalue weighted by atomic mass is 10.1. The van der Waals surface area contributed by atoms with Crippen molar-refractivity contribution < 1.29 is 24.9 Å². The summed E-state index contributed by atoms with van der Waals surface area (Å²) >= 11 is 1.90. The quantitative estimate of drug-likeness (QED) is 0.584. The van der Waals surface area contributed by atoms with Crippen LogP contribution >= 0.6 is 22.6 Å². The number of carbonyl (C=O) groups is 2. The molecule has 1 aromatic carbocycles. The molecule has 0 aliphatic heterocycles. The summed E-state index contributed by atoms with van der Waals surface area (Å²) in [5.74, 6) is -2.06. The van der Waals surface area contributed by atoms with Crippen molar-refractivity contribution in [3.05, 3.63) is 27.3 Å². The molecule has 0 saturated carbocycles. The number of aliphatic hydroxyl groups is 1. The lowest BCUT2D eigenvalue weighted by Crippen LogP contribution is -2.47. The molecule has 0 aromatic heterocycles. The first kappa shape index (κ1) is 14.7. The SMILES string of the molecule is C[C@@H](O)[C@H](NC(=O)c1ccc(I)c(O)c1)C(=O)O. The first-order chi connectivity index (χ1) is 8.32. The van der Waals surface area contributed by atoms with Crippen molar-refractivity contribution in [1.29, 1.82) is 0 Å². The van der Waals surface area contributed by atoms with E-state index in [1.165, 1.54) is 25.1 Å². The number of halogens is 1. The molecule has 1 rings (SSSR count). The van der Waals surface area contributed by atoms with Crippen molar-refractivity contribution in [3.8, 4) is 5.75 Å². The van der Waals surface area contributed by atoms with E-state index in [-0.39, 0.29) is 11.3 Å². The normalized spacial score (nSPS) is 13.7. The van der Waals surface area contributed by atoms with Crippen LogP contribution in [-0.2, 0) is 4.79 Å². The number of phenolic OH excluding ortho intramolecular Hbond substituents is 1. The van der Waals surface area contributed by atoms with Crippen LogP contribution in [0.5, 0.6) is 5.75 Å². The van der Waals surface area contributed by atoms with Crippen molar-refractivity contribution >= 4 is 34.5 Å². The number of carboxylic acids is 1. The van der Waals surface area contributed by atoms with Gasteiger partial charge in [-0.25, -0.2) is 4.79 Å². The standard InChI is InChI=1S/C11H12INO5/c1-5(14)9(11(17)18)13-10(16)6-2-3-7(12)8(15)4-6/h2-5,9,14-15H,1H3,(H,13,16)(H,17,18)/t5-,9+/m1/s1. The number of carboxylic acid groups (broad SMARTS) is 1. The van der Waals surface area contributed by atoms with E-state index >= 15 is 0 Å². The molecule has 98 valence electrons. The van der Waals surface area contributed by atoms with Crippen LogP contribution in [-0.4, -0.2) is 39.3 Å². The zero-order valence-electron chi connectivity index (χ0n) is 9.42. The van der Waals surface area contributed by atoms with Crippen LogP contribution in [0.2, 0.25) is 0 Å². The summed E-state index contributed by atoms with van der Waals surface area (Å²) in [6.45, 7) is 1.27. The minimum absolute atomic E-state index is 0.0628. The molecule has 2 atom stereocenters. The predicted octanol–water partition coefficient (Wildman–Crippen LogP) is 0.561. The van der Waals surface area contributed by atoms with Gasteiger partial charge in [-0.3, -0.25) is 4.79 Å². The van der Waals surface area contributed by atoms with E-state index in [0.29, 0.717) is 3.57 Å². The van der Waals surface area contributed by atoms with Crippen molar-refractivity contribution in [1.82, 2.24) is 5.32 Å². The number of nitrogens with one attached hydrogen (secondary N) is 1. The van der Waals surface area contributed by atoms with Crippen molar-refractivity contribution in [2.75, 3.05) is 0 Å². The molecule has 18 heavy (non-hydrogen) atoms. The van der Waals surface area contributed by atoms with Gasteiger partial charge in [0.05, 0.1) is 9.67 Å². The van der Waals surface area contributed by atoms with Gasteiger partial charge in [-0.2, -0.15) is 0 Å². The second-order valence-corrected chi connectivity index (χ2v) is 4.86. The number of carbonyl (C=O) groups excluding carboxylic acids is 1. The highest BCUT2D eigenvalue weighted by Crippen LogP contribution is 2.20. The topological polar surface area (TPSA) is 107 Å². The van der Waals surface area contributed by atoms with Crippen LogP contribution in [0.4, 0.5) is 0 Å². The highest BCUT2D eigenvalue weighted by Gasteiger charge is 2.25. The number of hydrogen-bond donors (Lipinski definition) is 4. The molecule has 7 heteroatoms. The van der Waals surface area contributed by atoms with Gasteiger partial charge in [0, 0.05) is 5.56 Å². The summed E-state index contributed by atoms with van der Waals surface area (Å²) < 4.78 is 0.578. The summed E-state index contributed by atoms with van der Waals surface area (Å²) in [4.78, 5) is 22.5. The van der Waals surface area contributed by atoms with Gasteiger partial charge < -0.3 is 20.6 Å². The van der Waals surface area contributed by atoms with Gasteiger partial charge in [0.15, 0.2) is 6.04 Å². The molecule has 0 radical (unpaired) electrons. The zero-order chi connectivity index (χ0) is 13.9. The minimum Gasteiger partial charge on any atom is -0.507 e. The second kappa shape index (κ2) is 6.01. The number of aliphatic carboxylic acids is 1. The number of benzene rings is 1. The maximum Gasteiger partial charge on any atom is 0.328 e. The molecule has 1 aromatic rings. The number of rotatable bonds is 4. The fourth-order valence-electron chi connectivity index (χ4n) is 1.27. The number of aromatic hydroxyl groups is 1. The number of aliphatic hydroxyl groups excluding tert-OH is 1. The Kier molecular flexibility index (Phi) is 4.91. The van der Waals surface area contributed by atoms with Gasteiger partial charge >= 0.3 is 5.97 Å². The molecule has 0 bridgehead atoms. The first-order valence-corrected chi connectivity index (χ1v) is 6.11. The van der Waals surface area contributed by atoms with Crippen molar-refractivity contribution in [2.45, 2.75) is 19.1 Å². The Hall–Kier alpha value is -1.35. The molecule has 0 saturated heterocycles. The van der Waals surface area contributed by atoms with Crippen molar-refractivity contribution in [2.24, 2.45) is 0 Å². The molecule has 4 N–H and O–H groups in total. The van der Waals surface area contributed by atoms with Crippen LogP contribution in [0, 0.1) is 3.57 Å². The predicted molar refractivity (Wildman–Crippen MR) is 71.4 cm³/mol. The highest BCUT2D eigenvalue weighted by atomic mass is 127. The Labute approximate surface area is 117 Å². The third-order valence-corrected chi connectivity index (χ3v) is 3.16. The molecule has 6 nitrogen and oxygen atoms in total. The Morgan fingerprint density at radius 3 is 2.44 bits per heavy atom. The van der Waals surface area contributed by atoms with Gasteiger partial charge in [0.25, 0.3) is 5.91 Å². The zero-order valence-corrected chi connectivity index (χ0v) is 11.6. The van der Waals surface area contributed by atoms with Crippen LogP contribution in [0.3, 0.4) is 0 Å². The molecule has 1 amide bonds. The maximum atomic E-state index is 11.7. The van der Waals surface area contributed by atoms with E-state index in [9.17, 15) is 19.8 Å². The van der Waals surface area contributed by atoms with Crippen LogP contribution in [0.1, 0.15) is 17.3 Å². The van der Waals surface area contributed by atoms with Gasteiger partial charge in [0.1, 0.15) is 5.75 Å². The van der Waals surface area contributed by atoms with Gasteiger partial charge in [-0.05, 0) is 47.7 Å². The third-order valence-electron chi connectivity index (χ3n) is 2.24. The lowest BCUT2D eigenvalue weighted by molar-refractivity contribution is -0.141. The molecule has 0 fully saturated rings. The number of hydrogen-bond acceptors (Lipinski definition) is 4. The average Bonchev–Trinajstić information content (AvgIpc) is 2.28. The summed E-state index contributed by atoms with van der Waals surface area (Å²) in [5, 5.41) is 29.7. The van der Waals surface area contributed by atoms with Crippen LogP contribution in [0.15, 0.2) is 18.2 Å². The Bertz CT molecular complexity index is 475. The van der Waals surface area contributed by atoms with Gasteiger partial charge in [-0.15, -0.1) is 0 Å². The highest BCUT2D eigenvalue weighted by molar-refractivity contribution is 14.1. The van der Waals surface area contributed by atoms with E-state index in [2.05, 4.69) is 5.32 Å². The van der Waals surface area contributed by atoms with Crippen molar-refractivity contribution in [3.63, 3.8) is 0 Å². The molecular formula is C11H12INO5. The van der Waals surface area contributed by atoms with E-state index in [1.54, 1.807) is 0 Å². The summed E-state index contributed by atoms with van der Waals surface area (Å²) in [6.07, 6.45) is -1.22. The smallest absolute Gasteiger partial charge is 0.328 e. The fraction of sp³-hybridized carbons (Fsp3) is 0.273. The molecule has 0 unspecified atom stereocenters. The van der Waals surface area contributed by atoms with Crippen LogP contribution < -0.4 is 5.32 Å². The molecular weight excluding hydrogens is 353 g/mol. The largest absolute Gasteiger partial charge is 0.507 e. The van der Waals surface area contributed by atoms with E-state index in [4.69, 9.17) is 5.11 Å². The van der Waals surface area contributed by atoms with Gasteiger partial charge in [0.2, 0.25) is 0 Å². The minimum atomic E-state index is -1.39. The van der Waals surface area contributed by atoms with E-state index in [1.807, 2.05) is 22.6 Å². The second-order valence-electron chi connectivity index (χ2n) is 3.70.